The summed E-state index contributed by atoms with van der Waals surface area (Å²) in [6.07, 6.45) is -0.844. The number of nitrogens with two attached hydrogens (primary N) is 1. The SMILES string of the molecule is CC(CSC1=C(C(=O)[O-])N2C(=O)C(C(C)O)[C@H]2S1)NNC(N)=O.[Na+]. The van der Waals surface area contributed by atoms with Gasteiger partial charge in [0.1, 0.15) is 5.37 Å². The van der Waals surface area contributed by atoms with Crippen molar-refractivity contribution in [3.63, 3.8) is 0 Å². The van der Waals surface area contributed by atoms with Gasteiger partial charge in [-0.3, -0.25) is 15.1 Å². The molecule has 12 heteroatoms. The van der Waals surface area contributed by atoms with Crippen LogP contribution in [0.3, 0.4) is 0 Å². The number of rotatable bonds is 7. The summed E-state index contributed by atoms with van der Waals surface area (Å²) >= 11 is 2.47. The van der Waals surface area contributed by atoms with Gasteiger partial charge >= 0.3 is 35.6 Å². The number of thioether (sulfide) groups is 2. The molecule has 3 unspecified atom stereocenters. The van der Waals surface area contributed by atoms with E-state index < -0.39 is 35.3 Å². The monoisotopic (exact) mass is 384 g/mol. The average molecular weight is 384 g/mol. The minimum Gasteiger partial charge on any atom is -0.543 e. The quantitative estimate of drug-likeness (QED) is 0.194. The number of urea groups is 1. The van der Waals surface area contributed by atoms with Crippen LogP contribution in [0.15, 0.2) is 9.93 Å². The van der Waals surface area contributed by atoms with E-state index in [1.807, 2.05) is 0 Å². The fourth-order valence-electron chi connectivity index (χ4n) is 2.28. The number of hydrogen-bond donors (Lipinski definition) is 4. The Hall–Kier alpha value is -0.430. The van der Waals surface area contributed by atoms with Crippen molar-refractivity contribution in [1.82, 2.24) is 15.8 Å². The van der Waals surface area contributed by atoms with E-state index in [1.165, 1.54) is 35.3 Å². The molecule has 2 aliphatic heterocycles. The van der Waals surface area contributed by atoms with Crippen LogP contribution >= 0.6 is 23.5 Å². The molecule has 24 heavy (non-hydrogen) atoms. The molecule has 128 valence electrons. The molecule has 2 heterocycles. The van der Waals surface area contributed by atoms with Gasteiger partial charge in [-0.15, -0.1) is 11.8 Å². The molecule has 2 aliphatic rings. The number of β-lactam (4-membered cyclic amide) rings is 1. The van der Waals surface area contributed by atoms with Crippen molar-refractivity contribution in [3.8, 4) is 0 Å². The number of hydrogen-bond acceptors (Lipinski definition) is 8. The summed E-state index contributed by atoms with van der Waals surface area (Å²) in [4.78, 5) is 35.1. The molecule has 0 aromatic heterocycles. The zero-order valence-electron chi connectivity index (χ0n) is 13.4. The average Bonchev–Trinajstić information content (AvgIpc) is 2.76. The summed E-state index contributed by atoms with van der Waals surface area (Å²) in [5, 5.41) is 20.6. The first kappa shape index (κ1) is 21.6. The van der Waals surface area contributed by atoms with Crippen LogP contribution in [-0.4, -0.2) is 51.2 Å². The first-order chi connectivity index (χ1) is 10.7. The zero-order valence-corrected chi connectivity index (χ0v) is 17.1. The summed E-state index contributed by atoms with van der Waals surface area (Å²) in [7, 11) is 0. The summed E-state index contributed by atoms with van der Waals surface area (Å²) in [5.74, 6) is -2.00. The van der Waals surface area contributed by atoms with Crippen LogP contribution in [-0.2, 0) is 9.59 Å². The Morgan fingerprint density at radius 1 is 1.50 bits per heavy atom. The van der Waals surface area contributed by atoms with E-state index in [0.717, 1.165) is 0 Å². The van der Waals surface area contributed by atoms with E-state index in [1.54, 1.807) is 6.92 Å². The van der Waals surface area contributed by atoms with Crippen LogP contribution in [0.25, 0.3) is 0 Å². The molecule has 2 rings (SSSR count). The molecule has 3 amide bonds. The number of aliphatic hydroxyl groups is 1. The van der Waals surface area contributed by atoms with Crippen molar-refractivity contribution in [2.45, 2.75) is 31.4 Å². The fraction of sp³-hybridized carbons (Fsp3) is 0.583. The number of aliphatic hydroxyl groups excluding tert-OH is 1. The second kappa shape index (κ2) is 8.79. The molecular formula is C12H17N4NaO5S2. The molecule has 1 fully saturated rings. The summed E-state index contributed by atoms with van der Waals surface area (Å²) in [6, 6.07) is -0.901. The van der Waals surface area contributed by atoms with Crippen LogP contribution in [0.4, 0.5) is 4.79 Å². The fourth-order valence-corrected chi connectivity index (χ4v) is 5.17. The van der Waals surface area contributed by atoms with Crippen molar-refractivity contribution in [2.24, 2.45) is 11.7 Å². The standard InChI is InChI=1S/C12H18N4O5S2.Na/c1-4(14-15-12(13)21)3-22-11-7(10(19)20)16-8(18)6(5(2)17)9(16)23-11;/h4-6,9,14,17H,3H2,1-2H3,(H,19,20)(H3,13,15,21);/q;+1/p-1/t4?,5?,6?,9-;/m1./s1. The molecule has 0 radical (unpaired) electrons. The molecule has 0 bridgehead atoms. The minimum absolute atomic E-state index is 0. The third kappa shape index (κ3) is 4.40. The van der Waals surface area contributed by atoms with Gasteiger partial charge in [-0.25, -0.2) is 10.2 Å². The number of fused-ring (bicyclic) bond motifs is 1. The number of carboxylic acid groups (broad SMARTS) is 1. The van der Waals surface area contributed by atoms with Gasteiger partial charge < -0.3 is 20.7 Å². The number of carbonyl (C=O) groups is 3. The maximum absolute atomic E-state index is 12.0. The predicted molar refractivity (Wildman–Crippen MR) is 83.2 cm³/mol. The van der Waals surface area contributed by atoms with E-state index in [4.69, 9.17) is 5.73 Å². The van der Waals surface area contributed by atoms with Gasteiger partial charge in [-0.1, -0.05) is 11.8 Å². The molecule has 5 N–H and O–H groups in total. The maximum Gasteiger partial charge on any atom is 1.00 e. The number of carbonyl (C=O) groups excluding carboxylic acids is 3. The Balaban J connectivity index is 0.00000288. The number of aliphatic carboxylic acids is 1. The number of nitrogens with zero attached hydrogens (tertiary/aromatic N) is 1. The molecule has 0 spiro atoms. The second-order valence-electron chi connectivity index (χ2n) is 5.25. The zero-order chi connectivity index (χ0) is 17.3. The molecule has 0 aromatic rings. The van der Waals surface area contributed by atoms with Gasteiger partial charge in [0.25, 0.3) is 0 Å². The van der Waals surface area contributed by atoms with Gasteiger partial charge in [0.2, 0.25) is 5.91 Å². The Morgan fingerprint density at radius 3 is 2.62 bits per heavy atom. The molecule has 0 aromatic carbocycles. The molecule has 0 aliphatic carbocycles. The first-order valence-electron chi connectivity index (χ1n) is 6.81. The van der Waals surface area contributed by atoms with E-state index >= 15 is 0 Å². The summed E-state index contributed by atoms with van der Waals surface area (Å²) in [6.45, 7) is 3.28. The van der Waals surface area contributed by atoms with Gasteiger partial charge in [0.05, 0.1) is 27.9 Å². The molecule has 9 nitrogen and oxygen atoms in total. The number of primary amides is 1. The van der Waals surface area contributed by atoms with Crippen LogP contribution < -0.4 is 51.2 Å². The topological polar surface area (TPSA) is 148 Å². The predicted octanol–water partition coefficient (Wildman–Crippen LogP) is -4.88. The summed E-state index contributed by atoms with van der Waals surface area (Å²) in [5.41, 5.74) is 9.69. The van der Waals surface area contributed by atoms with Crippen molar-refractivity contribution < 1.29 is 54.2 Å². The van der Waals surface area contributed by atoms with E-state index in [-0.39, 0.29) is 41.3 Å². The normalized spacial score (nSPS) is 24.6. The van der Waals surface area contributed by atoms with E-state index in [2.05, 4.69) is 10.9 Å². The van der Waals surface area contributed by atoms with Gasteiger partial charge in [-0.2, -0.15) is 0 Å². The number of hydrazine groups is 1. The van der Waals surface area contributed by atoms with Crippen LogP contribution in [0.1, 0.15) is 13.8 Å². The largest absolute Gasteiger partial charge is 1.00 e. The van der Waals surface area contributed by atoms with Gasteiger partial charge in [-0.05, 0) is 13.8 Å². The van der Waals surface area contributed by atoms with Crippen molar-refractivity contribution in [3.05, 3.63) is 9.93 Å². The Labute approximate surface area is 169 Å². The maximum atomic E-state index is 12.0. The third-order valence-electron chi connectivity index (χ3n) is 3.37. The van der Waals surface area contributed by atoms with E-state index in [0.29, 0.717) is 9.99 Å². The molecule has 0 saturated carbocycles. The number of amides is 3. The van der Waals surface area contributed by atoms with Gasteiger partial charge in [0, 0.05) is 11.8 Å². The summed E-state index contributed by atoms with van der Waals surface area (Å²) < 4.78 is 0.458. The Bertz CT molecular complexity index is 574. The third-order valence-corrected chi connectivity index (χ3v) is 6.28. The Kier molecular flexibility index (Phi) is 7.91. The first-order valence-corrected chi connectivity index (χ1v) is 8.67. The minimum atomic E-state index is -1.42. The molecular weight excluding hydrogens is 367 g/mol. The molecule has 1 saturated heterocycles. The van der Waals surface area contributed by atoms with Gasteiger partial charge in [0.15, 0.2) is 0 Å². The van der Waals surface area contributed by atoms with Crippen molar-refractivity contribution in [1.29, 1.82) is 0 Å². The van der Waals surface area contributed by atoms with Crippen LogP contribution in [0, 0.1) is 5.92 Å². The van der Waals surface area contributed by atoms with Crippen molar-refractivity contribution >= 4 is 41.4 Å². The van der Waals surface area contributed by atoms with Crippen molar-refractivity contribution in [2.75, 3.05) is 5.75 Å². The number of nitrogens with one attached hydrogen (secondary N) is 2. The van der Waals surface area contributed by atoms with Crippen LogP contribution in [0.5, 0.6) is 0 Å². The number of carboxylic acids is 1. The van der Waals surface area contributed by atoms with Crippen LogP contribution in [0.2, 0.25) is 0 Å². The van der Waals surface area contributed by atoms with E-state index in [9.17, 15) is 24.6 Å². The smallest absolute Gasteiger partial charge is 0.543 e. The second-order valence-corrected chi connectivity index (χ2v) is 7.67. The molecule has 4 atom stereocenters. The Morgan fingerprint density at radius 2 is 2.12 bits per heavy atom.